The van der Waals surface area contributed by atoms with E-state index < -0.39 is 8.07 Å². The van der Waals surface area contributed by atoms with Crippen LogP contribution in [-0.4, -0.2) is 8.07 Å². The standard InChI is InChI=1S/C25H31Si.3ClH.Ti/c1-7-20(3)26(23-14-10-8-11-15-23,24-16-12-9-13-17-24)25(6)18-19(2)21(4)22(25)5;;;;/h8-17,20H,7H2,1-6H3;3*1H;/q;;;;+3/p-3. The van der Waals surface area contributed by atoms with Gasteiger partial charge in [0.1, 0.15) is 0 Å². The second-order valence-electron chi connectivity index (χ2n) is 8.22. The van der Waals surface area contributed by atoms with Crippen LogP contribution < -0.4 is 47.6 Å². The van der Waals surface area contributed by atoms with Crippen molar-refractivity contribution in [3.8, 4) is 0 Å². The molecule has 2 unspecified atom stereocenters. The molecule has 2 aromatic rings. The molecule has 0 nitrogen and oxygen atoms in total. The van der Waals surface area contributed by atoms with Crippen LogP contribution in [-0.2, 0) is 20.4 Å². The average molecular weight is 514 g/mol. The van der Waals surface area contributed by atoms with Crippen molar-refractivity contribution in [2.75, 3.05) is 0 Å². The van der Waals surface area contributed by atoms with E-state index in [1.165, 1.54) is 17.6 Å². The third-order valence-corrected chi connectivity index (χ3v) is 15.7. The molecule has 0 heterocycles. The molecule has 2 aromatic carbocycles. The summed E-state index contributed by atoms with van der Waals surface area (Å²) in [5, 5.41) is 3.22. The van der Waals surface area contributed by atoms with Crippen molar-refractivity contribution in [1.29, 1.82) is 0 Å². The van der Waals surface area contributed by atoms with E-state index in [4.69, 9.17) is 0 Å². The van der Waals surface area contributed by atoms with Gasteiger partial charge in [-0.05, 0) is 0 Å². The maximum atomic E-state index is 2.55. The van der Waals surface area contributed by atoms with E-state index in [1.807, 2.05) is 0 Å². The first-order chi connectivity index (χ1) is 12.8. The summed E-state index contributed by atoms with van der Waals surface area (Å²) in [6, 6.07) is 22.9. The second-order valence-corrected chi connectivity index (χ2v) is 13.8. The molecule has 1 aliphatic carbocycles. The van der Waals surface area contributed by atoms with Crippen molar-refractivity contribution in [3.05, 3.63) is 81.3 Å². The Labute approximate surface area is 214 Å². The van der Waals surface area contributed by atoms with E-state index in [9.17, 15) is 0 Å². The minimum atomic E-state index is -2.17. The van der Waals surface area contributed by atoms with Gasteiger partial charge in [-0.25, -0.2) is 0 Å². The Morgan fingerprint density at radius 1 is 0.800 bits per heavy atom. The number of hydrogen-bond donors (Lipinski definition) is 0. The van der Waals surface area contributed by atoms with Gasteiger partial charge >= 0.3 is 179 Å². The third-order valence-electron chi connectivity index (χ3n) is 7.35. The fourth-order valence-electron chi connectivity index (χ4n) is 5.41. The summed E-state index contributed by atoms with van der Waals surface area (Å²) in [7, 11) is -2.17. The summed E-state index contributed by atoms with van der Waals surface area (Å²) >= 11 is 2.39. The Balaban J connectivity index is 0.00000280. The summed E-state index contributed by atoms with van der Waals surface area (Å²) in [4.78, 5) is 0. The van der Waals surface area contributed by atoms with Crippen LogP contribution in [0.4, 0.5) is 0 Å². The Hall–Kier alpha value is -0.279. The zero-order chi connectivity index (χ0) is 19.8. The third kappa shape index (κ3) is 4.19. The minimum absolute atomic E-state index is 0. The van der Waals surface area contributed by atoms with Crippen LogP contribution in [0, 0.1) is 0 Å². The normalized spacial score (nSPS) is 19.6. The molecule has 0 aromatic heterocycles. The largest absolute Gasteiger partial charge is 1.00 e. The molecular formula is C25H31Cl3SiTi. The van der Waals surface area contributed by atoms with E-state index in [0.29, 0.717) is 5.54 Å². The molecule has 0 aliphatic heterocycles. The summed E-state index contributed by atoms with van der Waals surface area (Å²) in [6.45, 7) is 14.5. The Bertz CT molecular complexity index is 828. The van der Waals surface area contributed by atoms with Gasteiger partial charge in [0, 0.05) is 0 Å². The number of halogens is 3. The summed E-state index contributed by atoms with van der Waals surface area (Å²) in [6.07, 6.45) is 1.20. The van der Waals surface area contributed by atoms with Gasteiger partial charge in [-0.15, -0.1) is 0 Å². The molecule has 0 saturated heterocycles. The Morgan fingerprint density at radius 3 is 1.50 bits per heavy atom. The van der Waals surface area contributed by atoms with Crippen LogP contribution in [0.3, 0.4) is 0 Å². The van der Waals surface area contributed by atoms with Crippen LogP contribution >= 0.6 is 0 Å². The molecular weight excluding hydrogens is 483 g/mol. The van der Waals surface area contributed by atoms with E-state index in [2.05, 4.69) is 123 Å². The van der Waals surface area contributed by atoms with Gasteiger partial charge in [0.05, 0.1) is 0 Å². The Kier molecular flexibility index (Phi) is 11.4. The minimum Gasteiger partial charge on any atom is -1.00 e. The molecule has 5 heteroatoms. The van der Waals surface area contributed by atoms with Crippen LogP contribution in [0.25, 0.3) is 0 Å². The predicted molar refractivity (Wildman–Crippen MR) is 117 cm³/mol. The molecule has 3 rings (SSSR count). The first-order valence-electron chi connectivity index (χ1n) is 10.1. The predicted octanol–water partition coefficient (Wildman–Crippen LogP) is -3.01. The maximum Gasteiger partial charge on any atom is -1.00 e. The van der Waals surface area contributed by atoms with E-state index >= 15 is 0 Å². The quantitative estimate of drug-likeness (QED) is 0.374. The van der Waals surface area contributed by atoms with Gasteiger partial charge in [-0.1, -0.05) is 0 Å². The maximum absolute atomic E-state index is 2.55. The molecule has 0 bridgehead atoms. The van der Waals surface area contributed by atoms with Crippen molar-refractivity contribution in [1.82, 2.24) is 0 Å². The van der Waals surface area contributed by atoms with Crippen LogP contribution in [0.1, 0.15) is 48.0 Å². The summed E-state index contributed by atoms with van der Waals surface area (Å²) < 4.78 is 1.58. The summed E-state index contributed by atoms with van der Waals surface area (Å²) in [5.74, 6) is 0. The van der Waals surface area contributed by atoms with E-state index in [-0.39, 0.29) is 42.3 Å². The first kappa shape index (κ1) is 29.7. The second kappa shape index (κ2) is 11.5. The first-order valence-corrected chi connectivity index (χ1v) is 12.9. The molecule has 0 N–H and O–H groups in total. The number of benzene rings is 2. The van der Waals surface area contributed by atoms with E-state index in [0.717, 1.165) is 0 Å². The number of rotatable bonds is 5. The van der Waals surface area contributed by atoms with Crippen molar-refractivity contribution in [3.63, 3.8) is 0 Å². The van der Waals surface area contributed by atoms with Gasteiger partial charge < -0.3 is 37.2 Å². The fraction of sp³-hybridized carbons (Fsp3) is 0.360. The molecule has 2 atom stereocenters. The van der Waals surface area contributed by atoms with E-state index in [1.54, 1.807) is 19.8 Å². The van der Waals surface area contributed by atoms with Crippen molar-refractivity contribution in [2.45, 2.75) is 58.5 Å². The molecule has 30 heavy (non-hydrogen) atoms. The van der Waals surface area contributed by atoms with Crippen molar-refractivity contribution >= 4 is 18.4 Å². The van der Waals surface area contributed by atoms with Crippen molar-refractivity contribution in [2.24, 2.45) is 0 Å². The molecule has 0 saturated carbocycles. The van der Waals surface area contributed by atoms with Crippen LogP contribution in [0.15, 0.2) is 81.3 Å². The number of allylic oxidation sites excluding steroid dienone is 4. The number of hydrogen-bond acceptors (Lipinski definition) is 0. The SMILES string of the molecule is CCC(C)[Si](c1ccccc1)(c1ccccc1)C1(C)C(C)=C(C)C(C)=[C]1[Ti+3].[Cl-].[Cl-].[Cl-]. The van der Waals surface area contributed by atoms with Crippen LogP contribution in [0.2, 0.25) is 10.6 Å². The van der Waals surface area contributed by atoms with Crippen LogP contribution in [0.5, 0.6) is 0 Å². The van der Waals surface area contributed by atoms with Gasteiger partial charge in [-0.2, -0.15) is 0 Å². The monoisotopic (exact) mass is 512 g/mol. The smallest absolute Gasteiger partial charge is 1.00 e. The molecule has 0 amide bonds. The Morgan fingerprint density at radius 2 is 1.20 bits per heavy atom. The zero-order valence-corrected chi connectivity index (χ0v) is 23.5. The molecule has 0 fully saturated rings. The molecule has 1 aliphatic rings. The van der Waals surface area contributed by atoms with Crippen molar-refractivity contribution < 1.29 is 57.7 Å². The van der Waals surface area contributed by atoms with Gasteiger partial charge in [0.15, 0.2) is 0 Å². The average Bonchev–Trinajstić information content (AvgIpc) is 2.86. The molecule has 160 valence electrons. The van der Waals surface area contributed by atoms with Gasteiger partial charge in [-0.3, -0.25) is 0 Å². The molecule has 0 radical (unpaired) electrons. The topological polar surface area (TPSA) is 0 Å². The van der Waals surface area contributed by atoms with Gasteiger partial charge in [0.25, 0.3) is 0 Å². The fourth-order valence-corrected chi connectivity index (χ4v) is 13.9. The summed E-state index contributed by atoms with van der Waals surface area (Å²) in [5.41, 5.74) is 5.22. The zero-order valence-electron chi connectivity index (χ0n) is 18.7. The van der Waals surface area contributed by atoms with Gasteiger partial charge in [0.2, 0.25) is 0 Å². The molecule has 0 spiro atoms.